The Morgan fingerprint density at radius 2 is 1.89 bits per heavy atom. The minimum absolute atomic E-state index is 0.0200. The van der Waals surface area contributed by atoms with Gasteiger partial charge < -0.3 is 25.4 Å². The Hall–Kier alpha value is -3.34. The van der Waals surface area contributed by atoms with Gasteiger partial charge in [-0.05, 0) is 43.7 Å². The van der Waals surface area contributed by atoms with E-state index in [2.05, 4.69) is 46.5 Å². The number of alkyl halides is 1. The number of aliphatic hydroxyl groups is 1. The summed E-state index contributed by atoms with van der Waals surface area (Å²) in [5, 5.41) is 17.1. The molecular weight excluding hydrogens is 507 g/mol. The first-order valence-corrected chi connectivity index (χ1v) is 13.6. The van der Waals surface area contributed by atoms with Crippen LogP contribution >= 0.6 is 11.3 Å². The molecule has 2 fully saturated rings. The number of thiazole rings is 1. The van der Waals surface area contributed by atoms with Crippen molar-refractivity contribution in [2.75, 3.05) is 29.9 Å². The summed E-state index contributed by atoms with van der Waals surface area (Å²) < 4.78 is 20.6. The van der Waals surface area contributed by atoms with Crippen LogP contribution in [-0.2, 0) is 15.2 Å². The fourth-order valence-corrected chi connectivity index (χ4v) is 5.74. The second-order valence-electron chi connectivity index (χ2n) is 10.1. The van der Waals surface area contributed by atoms with Crippen molar-refractivity contribution in [1.29, 1.82) is 0 Å². The maximum Gasteiger partial charge on any atom is 0.251 e. The molecule has 2 amide bonds. The molecule has 5 rings (SSSR count). The Bertz CT molecular complexity index is 1320. The predicted octanol–water partition coefficient (Wildman–Crippen LogP) is 4.11. The van der Waals surface area contributed by atoms with Crippen LogP contribution in [0.4, 0.5) is 15.2 Å². The molecule has 0 bridgehead atoms. The van der Waals surface area contributed by atoms with Gasteiger partial charge in [-0.3, -0.25) is 9.59 Å². The summed E-state index contributed by atoms with van der Waals surface area (Å²) in [6.07, 6.45) is -0.303. The SMILES string of the molecule is C[C@@H]1CN(c2cccc(-c3csc(NC(=O)CNC(=O)c4cccc([C@]5(F)C[C@H](O)C5)c4)n3)c2)C[C@H](C)O1. The van der Waals surface area contributed by atoms with Crippen LogP contribution in [0, 0.1) is 0 Å². The summed E-state index contributed by atoms with van der Waals surface area (Å²) in [6.45, 7) is 5.53. The number of rotatable bonds is 7. The van der Waals surface area contributed by atoms with Gasteiger partial charge in [0.1, 0.15) is 5.67 Å². The average molecular weight is 539 g/mol. The molecule has 0 spiro atoms. The first-order valence-electron chi connectivity index (χ1n) is 12.7. The van der Waals surface area contributed by atoms with Crippen molar-refractivity contribution >= 4 is 34.0 Å². The first kappa shape index (κ1) is 26.3. The number of nitrogens with one attached hydrogen (secondary N) is 2. The van der Waals surface area contributed by atoms with Crippen LogP contribution in [0.2, 0.25) is 0 Å². The summed E-state index contributed by atoms with van der Waals surface area (Å²) in [7, 11) is 0. The molecule has 1 aliphatic carbocycles. The molecule has 3 aromatic rings. The molecule has 2 aromatic carbocycles. The van der Waals surface area contributed by atoms with E-state index in [9.17, 15) is 19.1 Å². The largest absolute Gasteiger partial charge is 0.393 e. The molecule has 2 aliphatic rings. The summed E-state index contributed by atoms with van der Waals surface area (Å²) in [5.74, 6) is -0.890. The van der Waals surface area contributed by atoms with Gasteiger partial charge in [-0.15, -0.1) is 11.3 Å². The number of morpholine rings is 1. The molecule has 10 heteroatoms. The second-order valence-corrected chi connectivity index (χ2v) is 10.9. The van der Waals surface area contributed by atoms with Crippen LogP contribution < -0.4 is 15.5 Å². The number of nitrogens with zero attached hydrogens (tertiary/aromatic N) is 2. The lowest BCUT2D eigenvalue weighted by Crippen LogP contribution is -2.45. The minimum Gasteiger partial charge on any atom is -0.393 e. The lowest BCUT2D eigenvalue weighted by molar-refractivity contribution is -0.115. The topological polar surface area (TPSA) is 104 Å². The van der Waals surface area contributed by atoms with Crippen LogP contribution in [-0.4, -0.2) is 59.9 Å². The van der Waals surface area contributed by atoms with Crippen molar-refractivity contribution < 1.29 is 23.8 Å². The zero-order chi connectivity index (χ0) is 26.9. The summed E-state index contributed by atoms with van der Waals surface area (Å²) in [4.78, 5) is 31.9. The van der Waals surface area contributed by atoms with Crippen molar-refractivity contribution in [2.24, 2.45) is 0 Å². The van der Waals surface area contributed by atoms with Crippen LogP contribution in [0.25, 0.3) is 11.3 Å². The molecule has 0 radical (unpaired) electrons. The number of carbonyl (C=O) groups is 2. The van der Waals surface area contributed by atoms with Gasteiger partial charge in [0.05, 0.1) is 30.6 Å². The normalized spacial score (nSPS) is 24.9. The highest BCUT2D eigenvalue weighted by atomic mass is 32.1. The summed E-state index contributed by atoms with van der Waals surface area (Å²) in [5.41, 5.74) is 1.80. The van der Waals surface area contributed by atoms with E-state index < -0.39 is 23.6 Å². The lowest BCUT2D eigenvalue weighted by atomic mass is 9.74. The molecular formula is C28H31FN4O4S. The van der Waals surface area contributed by atoms with E-state index >= 15 is 0 Å². The van der Waals surface area contributed by atoms with Gasteiger partial charge in [0.15, 0.2) is 5.13 Å². The van der Waals surface area contributed by atoms with E-state index in [0.29, 0.717) is 10.7 Å². The maximum absolute atomic E-state index is 14.8. The van der Waals surface area contributed by atoms with E-state index in [-0.39, 0.29) is 37.2 Å². The highest BCUT2D eigenvalue weighted by molar-refractivity contribution is 7.14. The Balaban J connectivity index is 1.17. The molecule has 38 heavy (non-hydrogen) atoms. The summed E-state index contributed by atoms with van der Waals surface area (Å²) in [6, 6.07) is 14.4. The zero-order valence-corrected chi connectivity index (χ0v) is 22.1. The van der Waals surface area contributed by atoms with Crippen molar-refractivity contribution in [3.05, 3.63) is 65.0 Å². The van der Waals surface area contributed by atoms with Gasteiger partial charge in [0.2, 0.25) is 5.91 Å². The predicted molar refractivity (Wildman–Crippen MR) is 145 cm³/mol. The van der Waals surface area contributed by atoms with Crippen molar-refractivity contribution in [1.82, 2.24) is 10.3 Å². The Morgan fingerprint density at radius 3 is 2.63 bits per heavy atom. The van der Waals surface area contributed by atoms with Crippen LogP contribution in [0.5, 0.6) is 0 Å². The van der Waals surface area contributed by atoms with Crippen molar-refractivity contribution in [3.63, 3.8) is 0 Å². The number of hydrogen-bond donors (Lipinski definition) is 3. The number of anilines is 2. The van der Waals surface area contributed by atoms with Crippen molar-refractivity contribution in [2.45, 2.75) is 50.7 Å². The third-order valence-electron chi connectivity index (χ3n) is 6.85. The van der Waals surface area contributed by atoms with Gasteiger partial charge in [0, 0.05) is 48.1 Å². The molecule has 0 unspecified atom stereocenters. The smallest absolute Gasteiger partial charge is 0.251 e. The fraction of sp³-hybridized carbons (Fsp3) is 0.393. The van der Waals surface area contributed by atoms with Crippen LogP contribution in [0.15, 0.2) is 53.9 Å². The van der Waals surface area contributed by atoms with E-state index in [4.69, 9.17) is 4.74 Å². The van der Waals surface area contributed by atoms with E-state index in [1.54, 1.807) is 18.2 Å². The molecule has 1 saturated heterocycles. The molecule has 8 nitrogen and oxygen atoms in total. The second kappa shape index (κ2) is 10.8. The third kappa shape index (κ3) is 5.87. The molecule has 1 aliphatic heterocycles. The van der Waals surface area contributed by atoms with Gasteiger partial charge in [-0.2, -0.15) is 0 Å². The summed E-state index contributed by atoms with van der Waals surface area (Å²) >= 11 is 1.31. The number of benzene rings is 2. The number of carbonyl (C=O) groups excluding carboxylic acids is 2. The van der Waals surface area contributed by atoms with Gasteiger partial charge in [-0.1, -0.05) is 24.3 Å². The van der Waals surface area contributed by atoms with Gasteiger partial charge >= 0.3 is 0 Å². The maximum atomic E-state index is 14.8. The molecule has 3 N–H and O–H groups in total. The lowest BCUT2D eigenvalue weighted by Gasteiger charge is -2.38. The van der Waals surface area contributed by atoms with Crippen LogP contribution in [0.3, 0.4) is 0 Å². The third-order valence-corrected chi connectivity index (χ3v) is 7.60. The molecule has 2 heterocycles. The number of halogens is 1. The Morgan fingerprint density at radius 1 is 1.16 bits per heavy atom. The number of aliphatic hydroxyl groups excluding tert-OH is 1. The molecule has 1 saturated carbocycles. The average Bonchev–Trinajstić information content (AvgIpc) is 3.34. The number of amides is 2. The van der Waals surface area contributed by atoms with E-state index in [1.165, 1.54) is 17.4 Å². The van der Waals surface area contributed by atoms with Gasteiger partial charge in [-0.25, -0.2) is 9.37 Å². The monoisotopic (exact) mass is 538 g/mol. The van der Waals surface area contributed by atoms with Crippen LogP contribution in [0.1, 0.15) is 42.6 Å². The Labute approximate surface area is 224 Å². The molecule has 1 aromatic heterocycles. The first-order chi connectivity index (χ1) is 18.2. The molecule has 200 valence electrons. The zero-order valence-electron chi connectivity index (χ0n) is 21.3. The quantitative estimate of drug-likeness (QED) is 0.418. The fourth-order valence-electron chi connectivity index (χ4n) is 5.00. The number of aromatic nitrogens is 1. The highest BCUT2D eigenvalue weighted by Gasteiger charge is 2.45. The van der Waals surface area contributed by atoms with E-state index in [0.717, 1.165) is 30.0 Å². The van der Waals surface area contributed by atoms with Crippen molar-refractivity contribution in [3.8, 4) is 11.3 Å². The van der Waals surface area contributed by atoms with Gasteiger partial charge in [0.25, 0.3) is 5.91 Å². The molecule has 2 atom stereocenters. The minimum atomic E-state index is -1.62. The highest BCUT2D eigenvalue weighted by Crippen LogP contribution is 2.45. The number of ether oxygens (including phenoxy) is 1. The van der Waals surface area contributed by atoms with E-state index in [1.807, 2.05) is 17.5 Å². The number of hydrogen-bond acceptors (Lipinski definition) is 7. The Kier molecular flexibility index (Phi) is 7.47. The standard InChI is InChI=1S/C28H31FN4O4S/c1-17-14-33(15-18(2)37-17)22-8-4-5-19(10-22)24-16-38-27(31-24)32-25(35)13-30-26(36)20-6-3-7-21(9-20)28(29)11-23(34)12-28/h3-10,16-18,23,34H,11-15H2,1-2H3,(H,30,36)(H,31,32,35)/t17-,18+,23-,28-.